The molecule has 1 fully saturated rings. The van der Waals surface area contributed by atoms with Crippen molar-refractivity contribution in [3.8, 4) is 5.75 Å². The Kier molecular flexibility index (Phi) is 2.87. The van der Waals surface area contributed by atoms with Gasteiger partial charge < -0.3 is 5.11 Å². The normalized spacial score (nSPS) is 36.1. The molecule has 4 unspecified atom stereocenters. The maximum absolute atomic E-state index is 12.6. The Morgan fingerprint density at radius 1 is 1.41 bits per heavy atom. The molecule has 114 valence electrons. The van der Waals surface area contributed by atoms with Gasteiger partial charge in [-0.05, 0) is 65.7 Å². The summed E-state index contributed by atoms with van der Waals surface area (Å²) < 4.78 is 0. The van der Waals surface area contributed by atoms with Crippen LogP contribution >= 0.6 is 0 Å². The van der Waals surface area contributed by atoms with Crippen molar-refractivity contribution < 1.29 is 9.90 Å². The quantitative estimate of drug-likeness (QED) is 0.821. The Labute approximate surface area is 131 Å². The molecule has 0 heterocycles. The molecular weight excluding hydrogens is 272 g/mol. The molecule has 3 aliphatic carbocycles. The maximum atomic E-state index is 12.6. The lowest BCUT2D eigenvalue weighted by molar-refractivity contribution is 0.0633. The van der Waals surface area contributed by atoms with Crippen molar-refractivity contribution in [3.63, 3.8) is 0 Å². The van der Waals surface area contributed by atoms with Crippen molar-refractivity contribution in [3.05, 3.63) is 53.6 Å². The Bertz CT molecular complexity index is 700. The predicted molar refractivity (Wildman–Crippen MR) is 87.0 cm³/mol. The number of rotatable bonds is 1. The van der Waals surface area contributed by atoms with Crippen molar-refractivity contribution >= 4 is 5.78 Å². The second-order valence-electron chi connectivity index (χ2n) is 7.33. The van der Waals surface area contributed by atoms with E-state index in [-0.39, 0.29) is 16.9 Å². The molecule has 0 aromatic heterocycles. The van der Waals surface area contributed by atoms with Gasteiger partial charge in [-0.1, -0.05) is 31.7 Å². The van der Waals surface area contributed by atoms with Gasteiger partial charge in [-0.3, -0.25) is 4.79 Å². The highest BCUT2D eigenvalue weighted by atomic mass is 16.3. The van der Waals surface area contributed by atoms with Gasteiger partial charge in [-0.15, -0.1) is 0 Å². The largest absolute Gasteiger partial charge is 0.508 e. The molecule has 4 atom stereocenters. The van der Waals surface area contributed by atoms with Crippen molar-refractivity contribution in [2.24, 2.45) is 17.3 Å². The van der Waals surface area contributed by atoms with Crippen LogP contribution in [0.25, 0.3) is 0 Å². The first-order chi connectivity index (χ1) is 10.5. The van der Waals surface area contributed by atoms with Gasteiger partial charge in [0.2, 0.25) is 0 Å². The van der Waals surface area contributed by atoms with E-state index < -0.39 is 0 Å². The van der Waals surface area contributed by atoms with Crippen molar-refractivity contribution in [2.75, 3.05) is 0 Å². The summed E-state index contributed by atoms with van der Waals surface area (Å²) in [5.74, 6) is 1.83. The summed E-state index contributed by atoms with van der Waals surface area (Å²) in [4.78, 5) is 12.6. The molecule has 0 amide bonds. The molecular formula is C20H22O2. The molecule has 3 aliphatic rings. The summed E-state index contributed by atoms with van der Waals surface area (Å²) in [6.07, 6.45) is 8.31. The van der Waals surface area contributed by atoms with Crippen molar-refractivity contribution in [1.82, 2.24) is 0 Å². The summed E-state index contributed by atoms with van der Waals surface area (Å²) in [7, 11) is 0. The zero-order valence-corrected chi connectivity index (χ0v) is 13.0. The fourth-order valence-corrected chi connectivity index (χ4v) is 5.31. The van der Waals surface area contributed by atoms with Crippen LogP contribution in [0.4, 0.5) is 0 Å². The van der Waals surface area contributed by atoms with E-state index >= 15 is 0 Å². The molecule has 2 heteroatoms. The maximum Gasteiger partial charge on any atom is 0.163 e. The smallest absolute Gasteiger partial charge is 0.163 e. The topological polar surface area (TPSA) is 37.3 Å². The lowest BCUT2D eigenvalue weighted by Crippen LogP contribution is -2.42. The van der Waals surface area contributed by atoms with E-state index in [9.17, 15) is 9.90 Å². The van der Waals surface area contributed by atoms with Crippen LogP contribution in [0.2, 0.25) is 0 Å². The molecule has 0 spiro atoms. The third-order valence-electron chi connectivity index (χ3n) is 6.46. The SMILES string of the molecule is C=CC1=CCC2C3CC(=O)c4cc(O)ccc4C3CCC12C. The minimum Gasteiger partial charge on any atom is -0.508 e. The van der Waals surface area contributed by atoms with E-state index in [1.165, 1.54) is 5.57 Å². The van der Waals surface area contributed by atoms with Gasteiger partial charge in [0.15, 0.2) is 5.78 Å². The lowest BCUT2D eigenvalue weighted by atomic mass is 9.54. The zero-order chi connectivity index (χ0) is 15.5. The number of phenolic OH excluding ortho intramolecular Hbond substituents is 1. The van der Waals surface area contributed by atoms with Crippen LogP contribution in [-0.4, -0.2) is 10.9 Å². The highest BCUT2D eigenvalue weighted by Crippen LogP contribution is 2.61. The molecule has 0 saturated heterocycles. The number of phenols is 1. The van der Waals surface area contributed by atoms with Gasteiger partial charge in [0.05, 0.1) is 0 Å². The van der Waals surface area contributed by atoms with E-state index in [1.54, 1.807) is 12.1 Å². The first-order valence-electron chi connectivity index (χ1n) is 8.24. The molecule has 1 saturated carbocycles. The van der Waals surface area contributed by atoms with Gasteiger partial charge in [0.25, 0.3) is 0 Å². The first-order valence-corrected chi connectivity index (χ1v) is 8.24. The second kappa shape index (κ2) is 4.58. The molecule has 1 aromatic carbocycles. The highest BCUT2D eigenvalue weighted by Gasteiger charge is 2.52. The Hall–Kier alpha value is -1.83. The fraction of sp³-hybridized carbons (Fsp3) is 0.450. The first kappa shape index (κ1) is 13.8. The average molecular weight is 294 g/mol. The predicted octanol–water partition coefficient (Wildman–Crippen LogP) is 4.61. The fourth-order valence-electron chi connectivity index (χ4n) is 5.31. The molecule has 0 aliphatic heterocycles. The van der Waals surface area contributed by atoms with E-state index in [0.29, 0.717) is 24.2 Å². The third-order valence-corrected chi connectivity index (χ3v) is 6.46. The number of benzene rings is 1. The van der Waals surface area contributed by atoms with Gasteiger partial charge >= 0.3 is 0 Å². The summed E-state index contributed by atoms with van der Waals surface area (Å²) >= 11 is 0. The number of carbonyl (C=O) groups excluding carboxylic acids is 1. The van der Waals surface area contributed by atoms with E-state index in [4.69, 9.17) is 0 Å². The number of allylic oxidation sites excluding steroid dienone is 3. The van der Waals surface area contributed by atoms with Gasteiger partial charge in [0.1, 0.15) is 5.75 Å². The van der Waals surface area contributed by atoms with E-state index in [2.05, 4.69) is 19.6 Å². The van der Waals surface area contributed by atoms with E-state index in [1.807, 2.05) is 12.1 Å². The highest BCUT2D eigenvalue weighted by molar-refractivity contribution is 5.99. The Balaban J connectivity index is 1.76. The number of aromatic hydroxyl groups is 1. The van der Waals surface area contributed by atoms with Crippen LogP contribution < -0.4 is 0 Å². The van der Waals surface area contributed by atoms with E-state index in [0.717, 1.165) is 30.4 Å². The van der Waals surface area contributed by atoms with Crippen molar-refractivity contribution in [2.45, 2.75) is 38.5 Å². The number of fused-ring (bicyclic) bond motifs is 5. The number of ketones is 1. The minimum atomic E-state index is 0.192. The second-order valence-corrected chi connectivity index (χ2v) is 7.33. The van der Waals surface area contributed by atoms with Crippen LogP contribution in [0.15, 0.2) is 42.5 Å². The zero-order valence-electron chi connectivity index (χ0n) is 13.0. The Morgan fingerprint density at radius 3 is 3.00 bits per heavy atom. The summed E-state index contributed by atoms with van der Waals surface area (Å²) in [6, 6.07) is 5.35. The van der Waals surface area contributed by atoms with Gasteiger partial charge in [-0.2, -0.15) is 0 Å². The molecule has 1 N–H and O–H groups in total. The van der Waals surface area contributed by atoms with Gasteiger partial charge in [0, 0.05) is 12.0 Å². The van der Waals surface area contributed by atoms with Crippen LogP contribution in [0.3, 0.4) is 0 Å². The number of Topliss-reactive ketones (excluding diaryl/α,β-unsaturated/α-hetero) is 1. The summed E-state index contributed by atoms with van der Waals surface area (Å²) in [5.41, 5.74) is 3.48. The van der Waals surface area contributed by atoms with Crippen LogP contribution in [0.5, 0.6) is 5.75 Å². The van der Waals surface area contributed by atoms with Crippen LogP contribution in [0, 0.1) is 17.3 Å². The summed E-state index contributed by atoms with van der Waals surface area (Å²) in [5, 5.41) is 9.69. The molecule has 0 radical (unpaired) electrons. The number of hydrogen-bond acceptors (Lipinski definition) is 2. The molecule has 22 heavy (non-hydrogen) atoms. The standard InChI is InChI=1S/C20H22O2/c1-3-12-4-7-18-16-11-19(22)17-10-13(21)5-6-14(17)15(16)8-9-20(12,18)2/h3-6,10,15-16,18,21H,1,7-9,11H2,2H3. The molecule has 1 aromatic rings. The molecule has 0 bridgehead atoms. The summed E-state index contributed by atoms with van der Waals surface area (Å²) in [6.45, 7) is 6.33. The third kappa shape index (κ3) is 1.70. The number of hydrogen-bond donors (Lipinski definition) is 1. The number of carbonyl (C=O) groups is 1. The average Bonchev–Trinajstić information content (AvgIpc) is 2.84. The molecule has 2 nitrogen and oxygen atoms in total. The molecule has 4 rings (SSSR count). The lowest BCUT2D eigenvalue weighted by Gasteiger charge is -2.49. The van der Waals surface area contributed by atoms with Crippen LogP contribution in [0.1, 0.15) is 54.4 Å². The van der Waals surface area contributed by atoms with Crippen LogP contribution in [-0.2, 0) is 0 Å². The van der Waals surface area contributed by atoms with Gasteiger partial charge in [-0.25, -0.2) is 0 Å². The minimum absolute atomic E-state index is 0.192. The Morgan fingerprint density at radius 2 is 2.23 bits per heavy atom. The monoisotopic (exact) mass is 294 g/mol. The van der Waals surface area contributed by atoms with Crippen molar-refractivity contribution in [1.29, 1.82) is 0 Å².